The minimum atomic E-state index is -1.02. The van der Waals surface area contributed by atoms with Gasteiger partial charge in [0.25, 0.3) is 0 Å². The van der Waals surface area contributed by atoms with Crippen molar-refractivity contribution in [3.05, 3.63) is 60.8 Å². The first-order valence-electron chi connectivity index (χ1n) is 17.5. The quantitative estimate of drug-likeness (QED) is 0.0292. The molecule has 1 heterocycles. The predicted octanol–water partition coefficient (Wildman–Crippen LogP) is 7.29. The minimum absolute atomic E-state index is 0.00458. The molecule has 0 aromatic heterocycles. The van der Waals surface area contributed by atoms with Crippen LogP contribution in [0.15, 0.2) is 60.8 Å². The second-order valence-corrected chi connectivity index (χ2v) is 14.4. The van der Waals surface area contributed by atoms with Crippen LogP contribution >= 0.6 is 21.6 Å². The minimum Gasteiger partial charge on any atom is -0.456 e. The van der Waals surface area contributed by atoms with Crippen LogP contribution in [0.1, 0.15) is 110 Å². The number of rotatable bonds is 28. The Morgan fingerprint density at radius 3 is 2.00 bits per heavy atom. The molecule has 1 fully saturated rings. The summed E-state index contributed by atoms with van der Waals surface area (Å²) >= 11 is 0. The summed E-state index contributed by atoms with van der Waals surface area (Å²) < 4.78 is 5.18. The van der Waals surface area contributed by atoms with E-state index in [1.807, 2.05) is 21.6 Å². The number of hydrogen-bond donors (Lipinski definition) is 4. The molecule has 47 heavy (non-hydrogen) atoms. The Kier molecular flexibility index (Phi) is 28.2. The smallest absolute Gasteiger partial charge is 0.329 e. The highest BCUT2D eigenvalue weighted by atomic mass is 33.1. The molecule has 0 radical (unpaired) electrons. The van der Waals surface area contributed by atoms with Gasteiger partial charge in [0.2, 0.25) is 11.8 Å². The van der Waals surface area contributed by atoms with Gasteiger partial charge in [0.1, 0.15) is 12.1 Å². The molecule has 0 aromatic rings. The maximum absolute atomic E-state index is 12.7. The van der Waals surface area contributed by atoms with Gasteiger partial charge in [0, 0.05) is 30.4 Å². The lowest BCUT2D eigenvalue weighted by Gasteiger charge is -2.21. The van der Waals surface area contributed by atoms with Gasteiger partial charge in [-0.15, -0.1) is 0 Å². The molecule has 8 nitrogen and oxygen atoms in total. The zero-order valence-electron chi connectivity index (χ0n) is 28.5. The van der Waals surface area contributed by atoms with Crippen LogP contribution in [0.2, 0.25) is 0 Å². The highest BCUT2D eigenvalue weighted by molar-refractivity contribution is 8.77. The average Bonchev–Trinajstić information content (AvgIpc) is 3.60. The molecule has 4 N–H and O–H groups in total. The summed E-state index contributed by atoms with van der Waals surface area (Å²) in [6.07, 6.45) is 33.6. The fourth-order valence-corrected chi connectivity index (χ4v) is 7.68. The predicted molar refractivity (Wildman–Crippen MR) is 198 cm³/mol. The molecular formula is C37H60N2O6S2. The van der Waals surface area contributed by atoms with Gasteiger partial charge in [0.15, 0.2) is 0 Å². The summed E-state index contributed by atoms with van der Waals surface area (Å²) in [5, 5.41) is 24.9. The monoisotopic (exact) mass is 692 g/mol. The van der Waals surface area contributed by atoms with E-state index in [4.69, 9.17) is 4.74 Å². The number of allylic oxidation sites excluding steroid dienone is 10. The molecule has 0 aliphatic carbocycles. The van der Waals surface area contributed by atoms with Crippen molar-refractivity contribution in [1.29, 1.82) is 0 Å². The number of esters is 1. The number of unbranched alkanes of at least 4 members (excludes halogenated alkanes) is 3. The van der Waals surface area contributed by atoms with E-state index in [2.05, 4.69) is 78.3 Å². The molecule has 1 saturated heterocycles. The van der Waals surface area contributed by atoms with Crippen molar-refractivity contribution in [3.63, 3.8) is 0 Å². The molecule has 2 amide bonds. The van der Waals surface area contributed by atoms with Crippen LogP contribution in [-0.2, 0) is 19.1 Å². The molecule has 1 unspecified atom stereocenters. The van der Waals surface area contributed by atoms with E-state index in [9.17, 15) is 24.6 Å². The fourth-order valence-electron chi connectivity index (χ4n) is 4.65. The van der Waals surface area contributed by atoms with Gasteiger partial charge in [-0.1, -0.05) is 95.7 Å². The van der Waals surface area contributed by atoms with Crippen LogP contribution in [-0.4, -0.2) is 70.9 Å². The number of carbonyl (C=O) groups is 3. The van der Waals surface area contributed by atoms with Crippen LogP contribution in [0, 0.1) is 0 Å². The molecule has 266 valence electrons. The third-order valence-electron chi connectivity index (χ3n) is 7.39. The summed E-state index contributed by atoms with van der Waals surface area (Å²) in [5.74, 6) is 0.332. The van der Waals surface area contributed by atoms with Gasteiger partial charge >= 0.3 is 5.97 Å². The summed E-state index contributed by atoms with van der Waals surface area (Å²) in [5.41, 5.74) is 0. The number of aliphatic hydroxyl groups excluding tert-OH is 2. The molecule has 2 atom stereocenters. The van der Waals surface area contributed by atoms with Crippen molar-refractivity contribution in [1.82, 2.24) is 10.6 Å². The molecule has 0 bridgehead atoms. The Balaban J connectivity index is 2.19. The van der Waals surface area contributed by atoms with Crippen LogP contribution in [0.3, 0.4) is 0 Å². The Bertz CT molecular complexity index is 972. The lowest BCUT2D eigenvalue weighted by atomic mass is 10.1. The molecule has 0 aromatic carbocycles. The Morgan fingerprint density at radius 1 is 0.787 bits per heavy atom. The van der Waals surface area contributed by atoms with Crippen molar-refractivity contribution in [2.75, 3.05) is 25.5 Å². The zero-order chi connectivity index (χ0) is 34.2. The highest BCUT2D eigenvalue weighted by Crippen LogP contribution is 2.39. The van der Waals surface area contributed by atoms with Crippen LogP contribution in [0.25, 0.3) is 0 Å². The third kappa shape index (κ3) is 25.4. The molecule has 10 heteroatoms. The van der Waals surface area contributed by atoms with Gasteiger partial charge in [-0.2, -0.15) is 0 Å². The first-order valence-corrected chi connectivity index (χ1v) is 19.9. The second-order valence-electron chi connectivity index (χ2n) is 11.6. The van der Waals surface area contributed by atoms with E-state index in [1.165, 1.54) is 12.2 Å². The molecule has 1 aliphatic rings. The van der Waals surface area contributed by atoms with Gasteiger partial charge < -0.3 is 25.6 Å². The van der Waals surface area contributed by atoms with E-state index in [-0.39, 0.29) is 11.8 Å². The Labute approximate surface area is 291 Å². The lowest BCUT2D eigenvalue weighted by molar-refractivity contribution is -0.157. The SMILES string of the molecule is CC/C=C\C/C=C\C/C=C\C/C=C\C/C=C\CCCC(=O)NCCCC[C@H](NC(=O)CCCCC1CCSS1)C(=O)OC(CO)CO. The number of carbonyl (C=O) groups excluding carboxylic acids is 3. The maximum atomic E-state index is 12.7. The molecule has 1 rings (SSSR count). The molecular weight excluding hydrogens is 633 g/mol. The standard InChI is InChI=1S/C37H60N2O6S2/c1-2-3-4-5-6-7-8-9-10-11-12-13-14-15-16-17-18-25-35(42)38-28-22-21-24-34(37(44)45-32(30-40)31-41)39-36(43)26-20-19-23-33-27-29-46-47-33/h3-4,6-7,9-10,12-13,15-16,32-34,40-41H,2,5,8,11,14,17-31H2,1H3,(H,38,42)(H,39,43)/b4-3-,7-6-,10-9-,13-12-,16-15-/t33?,34-/m0/s1. The third-order valence-corrected chi connectivity index (χ3v) is 10.4. The van der Waals surface area contributed by atoms with Gasteiger partial charge in [-0.05, 0) is 83.5 Å². The summed E-state index contributed by atoms with van der Waals surface area (Å²) in [7, 11) is 3.84. The average molecular weight is 693 g/mol. The van der Waals surface area contributed by atoms with E-state index < -0.39 is 31.3 Å². The highest BCUT2D eigenvalue weighted by Gasteiger charge is 2.25. The van der Waals surface area contributed by atoms with Crippen molar-refractivity contribution < 1.29 is 29.3 Å². The zero-order valence-corrected chi connectivity index (χ0v) is 30.1. The van der Waals surface area contributed by atoms with E-state index >= 15 is 0 Å². The van der Waals surface area contributed by atoms with Gasteiger partial charge in [-0.25, -0.2) is 4.79 Å². The lowest BCUT2D eigenvalue weighted by Crippen LogP contribution is -2.44. The molecule has 0 spiro atoms. The summed E-state index contributed by atoms with van der Waals surface area (Å²) in [6, 6.07) is -0.857. The van der Waals surface area contributed by atoms with Gasteiger partial charge in [0.05, 0.1) is 13.2 Å². The fraction of sp³-hybridized carbons (Fsp3) is 0.649. The molecule has 1 aliphatic heterocycles. The van der Waals surface area contributed by atoms with Crippen LogP contribution < -0.4 is 10.6 Å². The summed E-state index contributed by atoms with van der Waals surface area (Å²) in [4.78, 5) is 37.4. The number of hydrogen-bond acceptors (Lipinski definition) is 8. The maximum Gasteiger partial charge on any atom is 0.329 e. The first kappa shape index (κ1) is 42.8. The number of aliphatic hydroxyl groups is 2. The van der Waals surface area contributed by atoms with Crippen molar-refractivity contribution in [2.45, 2.75) is 127 Å². The van der Waals surface area contributed by atoms with E-state index in [1.54, 1.807) is 0 Å². The van der Waals surface area contributed by atoms with Gasteiger partial charge in [-0.3, -0.25) is 9.59 Å². The van der Waals surface area contributed by atoms with E-state index in [0.717, 1.165) is 64.2 Å². The van der Waals surface area contributed by atoms with Crippen molar-refractivity contribution in [3.8, 4) is 0 Å². The number of amides is 2. The normalized spacial score (nSPS) is 16.0. The van der Waals surface area contributed by atoms with Crippen LogP contribution in [0.4, 0.5) is 0 Å². The van der Waals surface area contributed by atoms with Crippen molar-refractivity contribution in [2.24, 2.45) is 0 Å². The number of nitrogens with one attached hydrogen (secondary N) is 2. The summed E-state index contributed by atoms with van der Waals surface area (Å²) in [6.45, 7) is 1.65. The first-order chi connectivity index (χ1) is 23.0. The van der Waals surface area contributed by atoms with E-state index in [0.29, 0.717) is 43.9 Å². The number of ether oxygens (including phenoxy) is 1. The second kappa shape index (κ2) is 31.0. The largest absolute Gasteiger partial charge is 0.456 e. The Morgan fingerprint density at radius 2 is 1.40 bits per heavy atom. The molecule has 0 saturated carbocycles. The topological polar surface area (TPSA) is 125 Å². The Hall–Kier alpha value is -2.27. The van der Waals surface area contributed by atoms with Crippen LogP contribution in [0.5, 0.6) is 0 Å². The van der Waals surface area contributed by atoms with Crippen molar-refractivity contribution >= 4 is 39.4 Å².